The van der Waals surface area contributed by atoms with Crippen molar-refractivity contribution in [2.45, 2.75) is 12.0 Å². The number of pyridine rings is 1. The number of hydrogen-bond donors (Lipinski definition) is 2. The molecule has 4 nitrogen and oxygen atoms in total. The minimum absolute atomic E-state index is 0.0146. The van der Waals surface area contributed by atoms with E-state index >= 15 is 0 Å². The summed E-state index contributed by atoms with van der Waals surface area (Å²) in [6.07, 6.45) is 0.263. The molecule has 0 amide bonds. The minimum atomic E-state index is -1.74. The molecule has 1 aromatic heterocycles. The Morgan fingerprint density at radius 1 is 1.22 bits per heavy atom. The van der Waals surface area contributed by atoms with Crippen LogP contribution in [0.5, 0.6) is 0 Å². The highest BCUT2D eigenvalue weighted by Crippen LogP contribution is 2.24. The SMILES string of the molecule is OC1(CNc2c(F)c(F)nc(F)c2F)CCOC1. The smallest absolute Gasteiger partial charge is 0.253 e. The maximum atomic E-state index is 13.2. The zero-order valence-corrected chi connectivity index (χ0v) is 9.14. The molecule has 1 aliphatic heterocycles. The van der Waals surface area contributed by atoms with Gasteiger partial charge < -0.3 is 15.2 Å². The van der Waals surface area contributed by atoms with Gasteiger partial charge >= 0.3 is 0 Å². The Morgan fingerprint density at radius 2 is 1.83 bits per heavy atom. The van der Waals surface area contributed by atoms with Gasteiger partial charge in [-0.1, -0.05) is 0 Å². The second kappa shape index (κ2) is 4.69. The number of ether oxygens (including phenoxy) is 1. The van der Waals surface area contributed by atoms with E-state index in [1.165, 1.54) is 0 Å². The third kappa shape index (κ3) is 2.39. The molecule has 1 saturated heterocycles. The van der Waals surface area contributed by atoms with Gasteiger partial charge in [-0.25, -0.2) is 0 Å². The molecule has 2 N–H and O–H groups in total. The molecule has 8 heteroatoms. The second-order valence-electron chi connectivity index (χ2n) is 4.08. The first-order chi connectivity index (χ1) is 8.43. The van der Waals surface area contributed by atoms with Gasteiger partial charge in [-0.3, -0.25) is 0 Å². The van der Waals surface area contributed by atoms with Crippen molar-refractivity contribution < 1.29 is 27.4 Å². The molecule has 2 heterocycles. The van der Waals surface area contributed by atoms with Gasteiger partial charge in [-0.15, -0.1) is 0 Å². The first-order valence-corrected chi connectivity index (χ1v) is 5.17. The topological polar surface area (TPSA) is 54.4 Å². The molecule has 0 saturated carbocycles. The lowest BCUT2D eigenvalue weighted by atomic mass is 10.0. The van der Waals surface area contributed by atoms with Crippen molar-refractivity contribution in [3.8, 4) is 0 Å². The van der Waals surface area contributed by atoms with E-state index < -0.39 is 34.8 Å². The molecule has 100 valence electrons. The molecule has 1 atom stereocenters. The van der Waals surface area contributed by atoms with Crippen molar-refractivity contribution in [2.24, 2.45) is 0 Å². The Bertz CT molecular complexity index is 437. The molecule has 2 rings (SSSR count). The normalized spacial score (nSPS) is 23.4. The maximum Gasteiger partial charge on any atom is 0.253 e. The monoisotopic (exact) mass is 266 g/mol. The summed E-state index contributed by atoms with van der Waals surface area (Å²) in [5.41, 5.74) is -2.30. The molecular formula is C10H10F4N2O2. The van der Waals surface area contributed by atoms with Crippen molar-refractivity contribution in [3.63, 3.8) is 0 Å². The fourth-order valence-corrected chi connectivity index (χ4v) is 1.63. The van der Waals surface area contributed by atoms with Crippen molar-refractivity contribution in [1.82, 2.24) is 4.98 Å². The fourth-order valence-electron chi connectivity index (χ4n) is 1.63. The minimum Gasteiger partial charge on any atom is -0.386 e. The van der Waals surface area contributed by atoms with Crippen LogP contribution in [0.1, 0.15) is 6.42 Å². The van der Waals surface area contributed by atoms with E-state index in [1.807, 2.05) is 0 Å². The van der Waals surface area contributed by atoms with Crippen LogP contribution < -0.4 is 5.32 Å². The summed E-state index contributed by atoms with van der Waals surface area (Å²) in [7, 11) is 0. The first-order valence-electron chi connectivity index (χ1n) is 5.17. The van der Waals surface area contributed by atoms with Gasteiger partial charge in [0.2, 0.25) is 11.6 Å². The average molecular weight is 266 g/mol. The maximum absolute atomic E-state index is 13.2. The Morgan fingerprint density at radius 3 is 2.33 bits per heavy atom. The molecule has 0 bridgehead atoms. The Labute approximate surface area is 99.6 Å². The number of hydrogen-bond acceptors (Lipinski definition) is 4. The molecule has 1 fully saturated rings. The third-order valence-corrected chi connectivity index (χ3v) is 2.67. The van der Waals surface area contributed by atoms with E-state index in [9.17, 15) is 22.7 Å². The number of anilines is 1. The Hall–Kier alpha value is -1.41. The lowest BCUT2D eigenvalue weighted by molar-refractivity contribution is 0.0380. The summed E-state index contributed by atoms with van der Waals surface area (Å²) in [4.78, 5) is 2.42. The van der Waals surface area contributed by atoms with Gasteiger partial charge in [0.25, 0.3) is 11.9 Å². The fraction of sp³-hybridized carbons (Fsp3) is 0.500. The Kier molecular flexibility index (Phi) is 3.40. The molecule has 0 aromatic carbocycles. The highest BCUT2D eigenvalue weighted by molar-refractivity contribution is 5.45. The quantitative estimate of drug-likeness (QED) is 0.637. The second-order valence-corrected chi connectivity index (χ2v) is 4.08. The van der Waals surface area contributed by atoms with E-state index in [0.717, 1.165) is 0 Å². The van der Waals surface area contributed by atoms with Crippen LogP contribution in [-0.4, -0.2) is 35.5 Å². The van der Waals surface area contributed by atoms with E-state index in [4.69, 9.17) is 4.74 Å². The number of halogens is 4. The van der Waals surface area contributed by atoms with Gasteiger partial charge in [0.05, 0.1) is 6.61 Å². The predicted octanol–water partition coefficient (Wildman–Crippen LogP) is 1.20. The van der Waals surface area contributed by atoms with Gasteiger partial charge in [-0.2, -0.15) is 22.5 Å². The molecule has 0 aliphatic carbocycles. The van der Waals surface area contributed by atoms with Gasteiger partial charge in [0, 0.05) is 19.6 Å². The van der Waals surface area contributed by atoms with E-state index in [0.29, 0.717) is 6.61 Å². The molecular weight excluding hydrogens is 256 g/mol. The van der Waals surface area contributed by atoms with Gasteiger partial charge in [0.15, 0.2) is 0 Å². The summed E-state index contributed by atoms with van der Waals surface area (Å²) in [5, 5.41) is 12.0. The van der Waals surface area contributed by atoms with Crippen LogP contribution in [0, 0.1) is 23.5 Å². The largest absolute Gasteiger partial charge is 0.386 e. The Balaban J connectivity index is 2.18. The molecule has 0 radical (unpaired) electrons. The summed E-state index contributed by atoms with van der Waals surface area (Å²) >= 11 is 0. The van der Waals surface area contributed by atoms with E-state index in [-0.39, 0.29) is 19.6 Å². The summed E-state index contributed by atoms with van der Waals surface area (Å²) in [6, 6.07) is 0. The van der Waals surface area contributed by atoms with Crippen LogP contribution in [0.4, 0.5) is 23.2 Å². The van der Waals surface area contributed by atoms with Crippen molar-refractivity contribution in [3.05, 3.63) is 23.5 Å². The van der Waals surface area contributed by atoms with Gasteiger partial charge in [-0.05, 0) is 0 Å². The summed E-state index contributed by atoms with van der Waals surface area (Å²) in [5.74, 6) is -6.75. The van der Waals surface area contributed by atoms with Crippen molar-refractivity contribution >= 4 is 5.69 Å². The highest BCUT2D eigenvalue weighted by Gasteiger charge is 2.33. The van der Waals surface area contributed by atoms with Crippen molar-refractivity contribution in [1.29, 1.82) is 0 Å². The van der Waals surface area contributed by atoms with Crippen LogP contribution in [0.3, 0.4) is 0 Å². The lowest BCUT2D eigenvalue weighted by Crippen LogP contribution is -2.37. The van der Waals surface area contributed by atoms with Crippen LogP contribution in [-0.2, 0) is 4.74 Å². The molecule has 1 aromatic rings. The average Bonchev–Trinajstić information content (AvgIpc) is 2.74. The van der Waals surface area contributed by atoms with Crippen LogP contribution >= 0.6 is 0 Å². The van der Waals surface area contributed by atoms with Crippen LogP contribution in [0.2, 0.25) is 0 Å². The number of nitrogens with one attached hydrogen (secondary N) is 1. The zero-order valence-electron chi connectivity index (χ0n) is 9.14. The molecule has 18 heavy (non-hydrogen) atoms. The molecule has 1 unspecified atom stereocenters. The number of aromatic nitrogens is 1. The van der Waals surface area contributed by atoms with E-state index in [1.54, 1.807) is 0 Å². The van der Waals surface area contributed by atoms with Gasteiger partial charge in [0.1, 0.15) is 11.3 Å². The van der Waals surface area contributed by atoms with E-state index in [2.05, 4.69) is 10.3 Å². The lowest BCUT2D eigenvalue weighted by Gasteiger charge is -2.21. The molecule has 1 aliphatic rings. The zero-order chi connectivity index (χ0) is 13.3. The molecule has 0 spiro atoms. The van der Waals surface area contributed by atoms with Crippen LogP contribution in [0.15, 0.2) is 0 Å². The third-order valence-electron chi connectivity index (χ3n) is 2.67. The number of rotatable bonds is 3. The summed E-state index contributed by atoms with van der Waals surface area (Å²) < 4.78 is 57.0. The van der Waals surface area contributed by atoms with Crippen molar-refractivity contribution in [2.75, 3.05) is 25.1 Å². The predicted molar refractivity (Wildman–Crippen MR) is 52.9 cm³/mol. The highest BCUT2D eigenvalue weighted by atomic mass is 19.2. The standard InChI is InChI=1S/C10H10F4N2O2/c11-5-7(6(12)9(14)16-8(5)13)15-3-10(17)1-2-18-4-10/h17H,1-4H2,(H,15,16). The number of nitrogens with zero attached hydrogens (tertiary/aromatic N) is 1. The summed E-state index contributed by atoms with van der Waals surface area (Å²) in [6.45, 7) is 0.00519. The number of aliphatic hydroxyl groups is 1. The first kappa shape index (κ1) is 13.0. The van der Waals surface area contributed by atoms with Crippen LogP contribution in [0.25, 0.3) is 0 Å².